The first-order valence-electron chi connectivity index (χ1n) is 8.06. The Hall–Kier alpha value is -1.68. The van der Waals surface area contributed by atoms with Gasteiger partial charge in [0.2, 0.25) is 0 Å². The Labute approximate surface area is 178 Å². The number of benzene rings is 2. The Morgan fingerprint density at radius 1 is 1.15 bits per heavy atom. The van der Waals surface area contributed by atoms with Gasteiger partial charge in [0.05, 0.1) is 19.8 Å². The van der Waals surface area contributed by atoms with Gasteiger partial charge >= 0.3 is 0 Å². The molecular weight excluding hydrogens is 513 g/mol. The van der Waals surface area contributed by atoms with Crippen molar-refractivity contribution in [2.75, 3.05) is 31.7 Å². The second-order valence-electron chi connectivity index (χ2n) is 5.41. The lowest BCUT2D eigenvalue weighted by Crippen LogP contribution is -2.23. The van der Waals surface area contributed by atoms with Crippen LogP contribution in [0.3, 0.4) is 0 Å². The third-order valence-electron chi connectivity index (χ3n) is 3.46. The Morgan fingerprint density at radius 3 is 2.77 bits per heavy atom. The van der Waals surface area contributed by atoms with Crippen molar-refractivity contribution >= 4 is 51.6 Å². The van der Waals surface area contributed by atoms with Crippen LogP contribution in [0.5, 0.6) is 17.2 Å². The minimum absolute atomic E-state index is 0. The average molecular weight is 534 g/mol. The predicted octanol–water partition coefficient (Wildman–Crippen LogP) is 4.03. The lowest BCUT2D eigenvalue weighted by Gasteiger charge is -2.11. The smallest absolute Gasteiger partial charge is 0.193 e. The summed E-state index contributed by atoms with van der Waals surface area (Å²) < 4.78 is 17.9. The summed E-state index contributed by atoms with van der Waals surface area (Å²) in [5.41, 5.74) is 6.72. The van der Waals surface area contributed by atoms with Crippen molar-refractivity contribution in [1.29, 1.82) is 0 Å². The molecule has 0 bridgehead atoms. The largest absolute Gasteiger partial charge is 0.492 e. The van der Waals surface area contributed by atoms with Crippen molar-refractivity contribution in [2.24, 2.45) is 10.7 Å². The Morgan fingerprint density at radius 2 is 1.96 bits per heavy atom. The van der Waals surface area contributed by atoms with Crippen LogP contribution in [-0.2, 0) is 0 Å². The fraction of sp³-hybridized carbons (Fsp3) is 0.278. The van der Waals surface area contributed by atoms with E-state index in [0.29, 0.717) is 38.1 Å². The van der Waals surface area contributed by atoms with Crippen LogP contribution in [0.2, 0.25) is 0 Å². The van der Waals surface area contributed by atoms with E-state index in [4.69, 9.17) is 19.9 Å². The molecule has 3 N–H and O–H groups in total. The van der Waals surface area contributed by atoms with Gasteiger partial charge in [-0.2, -0.15) is 0 Å². The maximum atomic E-state index is 5.92. The van der Waals surface area contributed by atoms with E-state index in [2.05, 4.69) is 26.2 Å². The molecule has 0 fully saturated rings. The van der Waals surface area contributed by atoms with Crippen LogP contribution in [-0.4, -0.2) is 32.3 Å². The molecule has 0 spiro atoms. The van der Waals surface area contributed by atoms with Gasteiger partial charge in [0.1, 0.15) is 12.4 Å². The van der Waals surface area contributed by atoms with E-state index in [1.165, 1.54) is 0 Å². The number of rotatable bonds is 5. The van der Waals surface area contributed by atoms with Crippen molar-refractivity contribution in [3.8, 4) is 17.2 Å². The molecule has 1 aliphatic heterocycles. The van der Waals surface area contributed by atoms with Crippen LogP contribution in [0.4, 0.5) is 5.69 Å². The summed E-state index contributed by atoms with van der Waals surface area (Å²) >= 11 is 3.41. The van der Waals surface area contributed by atoms with Gasteiger partial charge in [0.15, 0.2) is 17.5 Å². The van der Waals surface area contributed by atoms with Crippen molar-refractivity contribution in [2.45, 2.75) is 6.42 Å². The Bertz CT molecular complexity index is 758. The van der Waals surface area contributed by atoms with Gasteiger partial charge in [-0.3, -0.25) is 0 Å². The fourth-order valence-electron chi connectivity index (χ4n) is 2.31. The standard InChI is InChI=1S/C18H20BrN3O3.HI/c19-13-3-1-4-15(11-13)23-10-7-21-18(20)22-14-5-6-16-17(12-14)25-9-2-8-24-16;/h1,3-6,11-12H,2,7-10H2,(H3,20,21,22);1H. The van der Waals surface area contributed by atoms with E-state index in [1.807, 2.05) is 42.5 Å². The maximum absolute atomic E-state index is 5.92. The quantitative estimate of drug-likeness (QED) is 0.262. The fourth-order valence-corrected chi connectivity index (χ4v) is 2.69. The lowest BCUT2D eigenvalue weighted by atomic mass is 10.3. The molecule has 140 valence electrons. The molecule has 3 rings (SSSR count). The zero-order chi connectivity index (χ0) is 17.5. The summed E-state index contributed by atoms with van der Waals surface area (Å²) in [6.45, 7) is 2.21. The van der Waals surface area contributed by atoms with E-state index in [-0.39, 0.29) is 24.0 Å². The molecule has 0 amide bonds. The molecule has 2 aromatic carbocycles. The number of nitrogens with one attached hydrogen (secondary N) is 1. The Balaban J connectivity index is 0.00000243. The molecule has 1 aliphatic rings. The first kappa shape index (κ1) is 20.6. The zero-order valence-electron chi connectivity index (χ0n) is 14.1. The van der Waals surface area contributed by atoms with Gasteiger partial charge in [-0.15, -0.1) is 24.0 Å². The van der Waals surface area contributed by atoms with Gasteiger partial charge < -0.3 is 25.3 Å². The van der Waals surface area contributed by atoms with Crippen LogP contribution in [0.15, 0.2) is 51.9 Å². The minimum Gasteiger partial charge on any atom is -0.492 e. The molecule has 8 heteroatoms. The van der Waals surface area contributed by atoms with E-state index >= 15 is 0 Å². The highest BCUT2D eigenvalue weighted by Crippen LogP contribution is 2.32. The molecule has 0 aliphatic carbocycles. The molecule has 0 aromatic heterocycles. The summed E-state index contributed by atoms with van der Waals surface area (Å²) in [7, 11) is 0. The third-order valence-corrected chi connectivity index (χ3v) is 3.95. The number of ether oxygens (including phenoxy) is 3. The molecule has 2 aromatic rings. The predicted molar refractivity (Wildman–Crippen MR) is 117 cm³/mol. The normalized spacial score (nSPS) is 13.3. The molecular formula is C18H21BrIN3O3. The summed E-state index contributed by atoms with van der Waals surface area (Å²) in [6.07, 6.45) is 0.874. The van der Waals surface area contributed by atoms with Gasteiger partial charge in [0, 0.05) is 22.6 Å². The highest BCUT2D eigenvalue weighted by Gasteiger charge is 2.10. The average Bonchev–Trinajstić information content (AvgIpc) is 2.84. The summed E-state index contributed by atoms with van der Waals surface area (Å²) in [5, 5.41) is 3.05. The first-order chi connectivity index (χ1) is 12.2. The first-order valence-corrected chi connectivity index (χ1v) is 8.85. The van der Waals surface area contributed by atoms with Crippen LogP contribution in [0.1, 0.15) is 6.42 Å². The van der Waals surface area contributed by atoms with Crippen LogP contribution < -0.4 is 25.3 Å². The molecule has 0 atom stereocenters. The number of anilines is 1. The summed E-state index contributed by atoms with van der Waals surface area (Å²) in [5.74, 6) is 2.58. The number of hydrogen-bond acceptors (Lipinski definition) is 4. The molecule has 1 heterocycles. The number of hydrogen-bond donors (Lipinski definition) is 2. The highest BCUT2D eigenvalue weighted by atomic mass is 127. The highest BCUT2D eigenvalue weighted by molar-refractivity contribution is 14.0. The van der Waals surface area contributed by atoms with Crippen molar-refractivity contribution in [3.05, 3.63) is 46.9 Å². The number of nitrogens with two attached hydrogens (primary N) is 1. The zero-order valence-corrected chi connectivity index (χ0v) is 18.0. The number of fused-ring (bicyclic) bond motifs is 1. The number of nitrogens with zero attached hydrogens (tertiary/aromatic N) is 1. The number of halogens is 2. The molecule has 0 saturated carbocycles. The van der Waals surface area contributed by atoms with Crippen molar-refractivity contribution in [3.63, 3.8) is 0 Å². The monoisotopic (exact) mass is 533 g/mol. The van der Waals surface area contributed by atoms with Crippen molar-refractivity contribution < 1.29 is 14.2 Å². The second kappa shape index (κ2) is 10.5. The van der Waals surface area contributed by atoms with Gasteiger partial charge in [-0.1, -0.05) is 22.0 Å². The van der Waals surface area contributed by atoms with Crippen LogP contribution in [0.25, 0.3) is 0 Å². The molecule has 6 nitrogen and oxygen atoms in total. The SMILES string of the molecule is I.NC(=NCCOc1cccc(Br)c1)Nc1ccc2c(c1)OCCCO2. The van der Waals surface area contributed by atoms with E-state index in [1.54, 1.807) is 0 Å². The molecule has 26 heavy (non-hydrogen) atoms. The number of guanidine groups is 1. The van der Waals surface area contributed by atoms with Gasteiger partial charge in [-0.05, 0) is 30.3 Å². The number of aliphatic imine (C=N–C) groups is 1. The van der Waals surface area contributed by atoms with Gasteiger partial charge in [0.25, 0.3) is 0 Å². The third kappa shape index (κ3) is 6.24. The minimum atomic E-state index is 0. The second-order valence-corrected chi connectivity index (χ2v) is 6.33. The lowest BCUT2D eigenvalue weighted by molar-refractivity contribution is 0.297. The maximum Gasteiger partial charge on any atom is 0.193 e. The summed E-state index contributed by atoms with van der Waals surface area (Å²) in [6, 6.07) is 13.3. The molecule has 0 radical (unpaired) electrons. The summed E-state index contributed by atoms with van der Waals surface area (Å²) in [4.78, 5) is 4.26. The molecule has 0 unspecified atom stereocenters. The topological polar surface area (TPSA) is 78.1 Å². The van der Waals surface area contributed by atoms with E-state index in [9.17, 15) is 0 Å². The van der Waals surface area contributed by atoms with E-state index < -0.39 is 0 Å². The Kier molecular flexibility index (Phi) is 8.30. The van der Waals surface area contributed by atoms with Crippen LogP contribution in [0, 0.1) is 0 Å². The van der Waals surface area contributed by atoms with Gasteiger partial charge in [-0.25, -0.2) is 4.99 Å². The van der Waals surface area contributed by atoms with E-state index in [0.717, 1.165) is 28.1 Å². The van der Waals surface area contributed by atoms with Crippen LogP contribution >= 0.6 is 39.9 Å². The van der Waals surface area contributed by atoms with Crippen molar-refractivity contribution in [1.82, 2.24) is 0 Å². The molecule has 0 saturated heterocycles.